The second-order valence-electron chi connectivity index (χ2n) is 4.48. The van der Waals surface area contributed by atoms with Crippen LogP contribution in [0, 0.1) is 18.8 Å². The first kappa shape index (κ1) is 14.6. The lowest BCUT2D eigenvalue weighted by Crippen LogP contribution is -2.19. The molecule has 0 aromatic heterocycles. The molecule has 106 valence electrons. The van der Waals surface area contributed by atoms with Crippen molar-refractivity contribution in [3.8, 4) is 11.8 Å². The lowest BCUT2D eigenvalue weighted by atomic mass is 10.1. The fourth-order valence-electron chi connectivity index (χ4n) is 1.80. The van der Waals surface area contributed by atoms with Crippen LogP contribution in [0.5, 0.6) is 0 Å². The van der Waals surface area contributed by atoms with Gasteiger partial charge in [0.15, 0.2) is 0 Å². The lowest BCUT2D eigenvalue weighted by molar-refractivity contribution is 0.262. The molecule has 0 unspecified atom stereocenters. The number of para-hydroxylation sites is 1. The average molecular weight is 279 g/mol. The summed E-state index contributed by atoms with van der Waals surface area (Å²) < 4.78 is 0. The predicted octanol–water partition coefficient (Wildman–Crippen LogP) is 2.95. The van der Waals surface area contributed by atoms with Crippen LogP contribution in [0.3, 0.4) is 0 Å². The highest BCUT2D eigenvalue weighted by Crippen LogP contribution is 2.15. The lowest BCUT2D eigenvalue weighted by Gasteiger charge is -2.09. The Balaban J connectivity index is 2.07. The number of rotatable bonds is 2. The SMILES string of the molecule is Cc1ccc(NC(=O)Nc2ccccc2)cc1C#CCN. The van der Waals surface area contributed by atoms with Crippen molar-refractivity contribution in [3.63, 3.8) is 0 Å². The summed E-state index contributed by atoms with van der Waals surface area (Å²) in [5.74, 6) is 5.80. The third-order valence-electron chi connectivity index (χ3n) is 2.85. The molecule has 0 fully saturated rings. The minimum atomic E-state index is -0.289. The number of anilines is 2. The van der Waals surface area contributed by atoms with Gasteiger partial charge in [0.1, 0.15) is 0 Å². The molecule has 21 heavy (non-hydrogen) atoms. The molecule has 4 heteroatoms. The van der Waals surface area contributed by atoms with Crippen molar-refractivity contribution in [3.05, 3.63) is 59.7 Å². The largest absolute Gasteiger partial charge is 0.323 e. The van der Waals surface area contributed by atoms with E-state index in [0.717, 1.165) is 16.8 Å². The maximum Gasteiger partial charge on any atom is 0.323 e. The number of aryl methyl sites for hydroxylation is 1. The first-order chi connectivity index (χ1) is 10.2. The first-order valence-corrected chi connectivity index (χ1v) is 6.61. The van der Waals surface area contributed by atoms with E-state index < -0.39 is 0 Å². The van der Waals surface area contributed by atoms with Gasteiger partial charge in [-0.05, 0) is 36.8 Å². The van der Waals surface area contributed by atoms with Gasteiger partial charge in [0, 0.05) is 16.9 Å². The fraction of sp³-hybridized carbons (Fsp3) is 0.118. The number of amides is 2. The second kappa shape index (κ2) is 7.13. The molecule has 0 heterocycles. The van der Waals surface area contributed by atoms with E-state index in [0.29, 0.717) is 12.2 Å². The molecule has 0 spiro atoms. The van der Waals surface area contributed by atoms with Gasteiger partial charge in [-0.2, -0.15) is 0 Å². The van der Waals surface area contributed by atoms with Crippen molar-refractivity contribution in [2.24, 2.45) is 5.73 Å². The van der Waals surface area contributed by atoms with E-state index in [2.05, 4.69) is 22.5 Å². The number of carbonyl (C=O) groups excluding carboxylic acids is 1. The topological polar surface area (TPSA) is 67.2 Å². The molecule has 2 amide bonds. The van der Waals surface area contributed by atoms with Crippen molar-refractivity contribution in [1.82, 2.24) is 0 Å². The van der Waals surface area contributed by atoms with E-state index in [4.69, 9.17) is 5.73 Å². The normalized spacial score (nSPS) is 9.43. The van der Waals surface area contributed by atoms with Crippen molar-refractivity contribution >= 4 is 17.4 Å². The van der Waals surface area contributed by atoms with Gasteiger partial charge < -0.3 is 16.4 Å². The highest BCUT2D eigenvalue weighted by Gasteiger charge is 2.04. The monoisotopic (exact) mass is 279 g/mol. The van der Waals surface area contributed by atoms with Gasteiger partial charge in [-0.1, -0.05) is 36.1 Å². The number of hydrogen-bond donors (Lipinski definition) is 3. The van der Waals surface area contributed by atoms with Gasteiger partial charge in [-0.3, -0.25) is 0 Å². The number of benzene rings is 2. The fourth-order valence-corrected chi connectivity index (χ4v) is 1.80. The van der Waals surface area contributed by atoms with Crippen LogP contribution in [0.25, 0.3) is 0 Å². The van der Waals surface area contributed by atoms with Gasteiger partial charge in [0.05, 0.1) is 6.54 Å². The molecule has 0 aliphatic rings. The Labute approximate surface area is 124 Å². The van der Waals surface area contributed by atoms with Crippen LogP contribution in [0.4, 0.5) is 16.2 Å². The molecule has 2 aromatic rings. The Kier molecular flexibility index (Phi) is 4.97. The minimum Gasteiger partial charge on any atom is -0.320 e. The highest BCUT2D eigenvalue weighted by molar-refractivity contribution is 5.99. The van der Waals surface area contributed by atoms with Crippen LogP contribution in [-0.2, 0) is 0 Å². The molecule has 0 saturated carbocycles. The zero-order valence-electron chi connectivity index (χ0n) is 11.8. The molecule has 0 aliphatic carbocycles. The summed E-state index contributed by atoms with van der Waals surface area (Å²) in [6.07, 6.45) is 0. The summed E-state index contributed by atoms with van der Waals surface area (Å²) >= 11 is 0. The Morgan fingerprint density at radius 1 is 1.10 bits per heavy atom. The Bertz CT molecular complexity index is 684. The Hall–Kier alpha value is -2.77. The summed E-state index contributed by atoms with van der Waals surface area (Å²) in [7, 11) is 0. The van der Waals surface area contributed by atoms with Crippen LogP contribution in [-0.4, -0.2) is 12.6 Å². The van der Waals surface area contributed by atoms with Crippen LogP contribution in [0.2, 0.25) is 0 Å². The molecule has 0 atom stereocenters. The van der Waals surface area contributed by atoms with Crippen LogP contribution < -0.4 is 16.4 Å². The molecule has 4 N–H and O–H groups in total. The summed E-state index contributed by atoms with van der Waals surface area (Å²) in [4.78, 5) is 11.9. The van der Waals surface area contributed by atoms with Crippen LogP contribution in [0.1, 0.15) is 11.1 Å². The van der Waals surface area contributed by atoms with Crippen LogP contribution in [0.15, 0.2) is 48.5 Å². The number of carbonyl (C=O) groups is 1. The summed E-state index contributed by atoms with van der Waals surface area (Å²) in [5, 5.41) is 5.55. The standard InChI is InChI=1S/C17H17N3O/c1-13-9-10-16(12-14(13)6-5-11-18)20-17(21)19-15-7-3-2-4-8-15/h2-4,7-10,12H,11,18H2,1H3,(H2,19,20,21). The first-order valence-electron chi connectivity index (χ1n) is 6.61. The van der Waals surface area contributed by atoms with E-state index in [1.165, 1.54) is 0 Å². The smallest absolute Gasteiger partial charge is 0.320 e. The molecular formula is C17H17N3O. The van der Waals surface area contributed by atoms with E-state index in [1.54, 1.807) is 0 Å². The molecule has 0 saturated heterocycles. The summed E-state index contributed by atoms with van der Waals surface area (Å²) in [5.41, 5.74) is 8.71. The Morgan fingerprint density at radius 2 is 1.81 bits per heavy atom. The van der Waals surface area contributed by atoms with Crippen molar-refractivity contribution in [2.75, 3.05) is 17.2 Å². The Morgan fingerprint density at radius 3 is 2.52 bits per heavy atom. The van der Waals surface area contributed by atoms with Gasteiger partial charge in [0.25, 0.3) is 0 Å². The van der Waals surface area contributed by atoms with E-state index in [-0.39, 0.29) is 6.03 Å². The highest BCUT2D eigenvalue weighted by atomic mass is 16.2. The molecular weight excluding hydrogens is 262 g/mol. The quantitative estimate of drug-likeness (QED) is 0.740. The maximum atomic E-state index is 11.9. The average Bonchev–Trinajstić information content (AvgIpc) is 2.48. The van der Waals surface area contributed by atoms with Crippen molar-refractivity contribution < 1.29 is 4.79 Å². The van der Waals surface area contributed by atoms with Crippen molar-refractivity contribution in [2.45, 2.75) is 6.92 Å². The van der Waals surface area contributed by atoms with Gasteiger partial charge in [-0.25, -0.2) is 4.79 Å². The van der Waals surface area contributed by atoms with E-state index >= 15 is 0 Å². The summed E-state index contributed by atoms with van der Waals surface area (Å²) in [6, 6.07) is 14.6. The summed E-state index contributed by atoms with van der Waals surface area (Å²) in [6.45, 7) is 2.28. The van der Waals surface area contributed by atoms with Gasteiger partial charge in [-0.15, -0.1) is 0 Å². The second-order valence-corrected chi connectivity index (χ2v) is 4.48. The zero-order valence-corrected chi connectivity index (χ0v) is 11.8. The number of nitrogens with one attached hydrogen (secondary N) is 2. The number of nitrogens with two attached hydrogens (primary N) is 1. The van der Waals surface area contributed by atoms with Crippen LogP contribution >= 0.6 is 0 Å². The van der Waals surface area contributed by atoms with Crippen molar-refractivity contribution in [1.29, 1.82) is 0 Å². The van der Waals surface area contributed by atoms with E-state index in [1.807, 2.05) is 55.5 Å². The third kappa shape index (κ3) is 4.37. The predicted molar refractivity (Wildman–Crippen MR) is 86.2 cm³/mol. The zero-order chi connectivity index (χ0) is 15.1. The molecule has 0 aliphatic heterocycles. The number of hydrogen-bond acceptors (Lipinski definition) is 2. The molecule has 0 radical (unpaired) electrons. The third-order valence-corrected chi connectivity index (χ3v) is 2.85. The molecule has 4 nitrogen and oxygen atoms in total. The molecule has 2 aromatic carbocycles. The minimum absolute atomic E-state index is 0.289. The molecule has 2 rings (SSSR count). The van der Waals surface area contributed by atoms with Gasteiger partial charge >= 0.3 is 6.03 Å². The maximum absolute atomic E-state index is 11.9. The van der Waals surface area contributed by atoms with E-state index in [9.17, 15) is 4.79 Å². The van der Waals surface area contributed by atoms with Gasteiger partial charge in [0.2, 0.25) is 0 Å². The molecule has 0 bridgehead atoms. The number of urea groups is 1.